The molecule has 0 aromatic heterocycles. The standard InChI is InChI=1S/C10H19NO.ClH/c12-8-2-9-1-3-10(9)4-6-11-7-5-10;/h9,11-12H,1-8H2;1H. The Labute approximate surface area is 86.5 Å². The van der Waals surface area contributed by atoms with Crippen molar-refractivity contribution >= 4 is 12.4 Å². The van der Waals surface area contributed by atoms with Gasteiger partial charge in [0.1, 0.15) is 0 Å². The van der Waals surface area contributed by atoms with Gasteiger partial charge in [0, 0.05) is 6.61 Å². The van der Waals surface area contributed by atoms with Crippen LogP contribution in [0.5, 0.6) is 0 Å². The number of aliphatic hydroxyl groups excluding tert-OH is 1. The summed E-state index contributed by atoms with van der Waals surface area (Å²) >= 11 is 0. The molecule has 0 bridgehead atoms. The van der Waals surface area contributed by atoms with Crippen LogP contribution in [0.1, 0.15) is 32.1 Å². The number of piperidine rings is 1. The van der Waals surface area contributed by atoms with E-state index in [4.69, 9.17) is 5.11 Å². The third-order valence-corrected chi connectivity index (χ3v) is 3.93. The lowest BCUT2D eigenvalue weighted by Crippen LogP contribution is -2.48. The Balaban J connectivity index is 0.000000845. The van der Waals surface area contributed by atoms with Gasteiger partial charge in [-0.3, -0.25) is 0 Å². The fraction of sp³-hybridized carbons (Fsp3) is 1.00. The van der Waals surface area contributed by atoms with Gasteiger partial charge in [-0.15, -0.1) is 12.4 Å². The minimum absolute atomic E-state index is 0. The molecule has 0 radical (unpaired) electrons. The molecule has 2 aliphatic rings. The van der Waals surface area contributed by atoms with Crippen LogP contribution in [0, 0.1) is 11.3 Å². The predicted molar refractivity (Wildman–Crippen MR) is 56.2 cm³/mol. The summed E-state index contributed by atoms with van der Waals surface area (Å²) in [4.78, 5) is 0. The summed E-state index contributed by atoms with van der Waals surface area (Å²) in [7, 11) is 0. The first-order valence-electron chi connectivity index (χ1n) is 5.19. The maximum Gasteiger partial charge on any atom is 0.0433 e. The highest BCUT2D eigenvalue weighted by Crippen LogP contribution is 2.53. The van der Waals surface area contributed by atoms with Gasteiger partial charge in [0.2, 0.25) is 0 Å². The van der Waals surface area contributed by atoms with Gasteiger partial charge in [0.05, 0.1) is 0 Å². The number of hydrogen-bond acceptors (Lipinski definition) is 2. The number of aliphatic hydroxyl groups is 1. The first-order chi connectivity index (χ1) is 5.87. The zero-order valence-corrected chi connectivity index (χ0v) is 8.91. The Morgan fingerprint density at radius 3 is 2.38 bits per heavy atom. The molecule has 2 nitrogen and oxygen atoms in total. The summed E-state index contributed by atoms with van der Waals surface area (Å²) in [5.41, 5.74) is 0.647. The largest absolute Gasteiger partial charge is 0.396 e. The summed E-state index contributed by atoms with van der Waals surface area (Å²) < 4.78 is 0. The molecule has 0 aromatic rings. The van der Waals surface area contributed by atoms with E-state index in [9.17, 15) is 0 Å². The van der Waals surface area contributed by atoms with Crippen LogP contribution in [0.4, 0.5) is 0 Å². The molecule has 2 N–H and O–H groups in total. The summed E-state index contributed by atoms with van der Waals surface area (Å²) in [5, 5.41) is 12.3. The minimum Gasteiger partial charge on any atom is -0.396 e. The highest BCUT2D eigenvalue weighted by Gasteiger charge is 2.45. The average Bonchev–Trinajstić information content (AvgIpc) is 2.14. The van der Waals surface area contributed by atoms with Gasteiger partial charge in [-0.1, -0.05) is 0 Å². The molecule has 1 aliphatic heterocycles. The molecule has 0 amide bonds. The smallest absolute Gasteiger partial charge is 0.0433 e. The van der Waals surface area contributed by atoms with Crippen LogP contribution in [0.15, 0.2) is 0 Å². The van der Waals surface area contributed by atoms with Crippen LogP contribution in [-0.2, 0) is 0 Å². The number of halogens is 1. The monoisotopic (exact) mass is 205 g/mol. The molecule has 2 fully saturated rings. The fourth-order valence-electron chi connectivity index (χ4n) is 2.95. The molecule has 1 aliphatic carbocycles. The van der Waals surface area contributed by atoms with Crippen molar-refractivity contribution in [3.63, 3.8) is 0 Å². The second kappa shape index (κ2) is 4.63. The van der Waals surface area contributed by atoms with Crippen molar-refractivity contribution in [2.75, 3.05) is 19.7 Å². The summed E-state index contributed by atoms with van der Waals surface area (Å²) in [5.74, 6) is 0.838. The van der Waals surface area contributed by atoms with Crippen molar-refractivity contribution in [3.8, 4) is 0 Å². The number of nitrogens with one attached hydrogen (secondary N) is 1. The summed E-state index contributed by atoms with van der Waals surface area (Å²) in [6, 6.07) is 0. The van der Waals surface area contributed by atoms with Crippen LogP contribution in [0.3, 0.4) is 0 Å². The molecule has 0 aromatic carbocycles. The normalized spacial score (nSPS) is 30.7. The van der Waals surface area contributed by atoms with Crippen molar-refractivity contribution < 1.29 is 5.11 Å². The molecule has 2 rings (SSSR count). The van der Waals surface area contributed by atoms with E-state index >= 15 is 0 Å². The Morgan fingerprint density at radius 1 is 1.23 bits per heavy atom. The fourth-order valence-corrected chi connectivity index (χ4v) is 2.95. The first kappa shape index (κ1) is 11.3. The van der Waals surface area contributed by atoms with Gasteiger partial charge in [0.25, 0.3) is 0 Å². The zero-order valence-electron chi connectivity index (χ0n) is 8.09. The van der Waals surface area contributed by atoms with Crippen molar-refractivity contribution in [2.45, 2.75) is 32.1 Å². The van der Waals surface area contributed by atoms with Gasteiger partial charge < -0.3 is 10.4 Å². The van der Waals surface area contributed by atoms with Gasteiger partial charge in [-0.2, -0.15) is 0 Å². The lowest BCUT2D eigenvalue weighted by atomic mass is 9.55. The number of hydrogen-bond donors (Lipinski definition) is 2. The zero-order chi connectivity index (χ0) is 8.44. The van der Waals surface area contributed by atoms with E-state index in [1.54, 1.807) is 0 Å². The van der Waals surface area contributed by atoms with Crippen LogP contribution >= 0.6 is 12.4 Å². The van der Waals surface area contributed by atoms with Gasteiger partial charge in [-0.05, 0) is 56.5 Å². The maximum absolute atomic E-state index is 8.90. The molecule has 1 saturated carbocycles. The molecular weight excluding hydrogens is 186 g/mol. The third kappa shape index (κ3) is 2.00. The van der Waals surface area contributed by atoms with E-state index in [0.29, 0.717) is 12.0 Å². The van der Waals surface area contributed by atoms with E-state index in [1.807, 2.05) is 0 Å². The molecular formula is C10H20ClNO. The third-order valence-electron chi connectivity index (χ3n) is 3.93. The second-order valence-electron chi connectivity index (χ2n) is 4.36. The van der Waals surface area contributed by atoms with E-state index in [0.717, 1.165) is 12.3 Å². The van der Waals surface area contributed by atoms with Crippen molar-refractivity contribution in [1.29, 1.82) is 0 Å². The van der Waals surface area contributed by atoms with Crippen molar-refractivity contribution in [3.05, 3.63) is 0 Å². The molecule has 1 unspecified atom stereocenters. The molecule has 1 spiro atoms. The van der Waals surface area contributed by atoms with Gasteiger partial charge in [0.15, 0.2) is 0 Å². The quantitative estimate of drug-likeness (QED) is 0.718. The Kier molecular flexibility index (Phi) is 4.02. The highest BCUT2D eigenvalue weighted by atomic mass is 35.5. The van der Waals surface area contributed by atoms with Crippen molar-refractivity contribution in [2.24, 2.45) is 11.3 Å². The number of rotatable bonds is 2. The van der Waals surface area contributed by atoms with Crippen molar-refractivity contribution in [1.82, 2.24) is 5.32 Å². The Morgan fingerprint density at radius 2 is 1.92 bits per heavy atom. The maximum atomic E-state index is 8.90. The van der Waals surface area contributed by atoms with E-state index < -0.39 is 0 Å². The first-order valence-corrected chi connectivity index (χ1v) is 5.19. The predicted octanol–water partition coefficient (Wildman–Crippen LogP) is 1.57. The topological polar surface area (TPSA) is 32.3 Å². The Hall–Kier alpha value is 0.210. The molecule has 13 heavy (non-hydrogen) atoms. The molecule has 3 heteroatoms. The highest BCUT2D eigenvalue weighted by molar-refractivity contribution is 5.85. The summed E-state index contributed by atoms with van der Waals surface area (Å²) in [6.45, 7) is 2.78. The SMILES string of the molecule is Cl.OCCC1CCC12CCNCC2. The van der Waals surface area contributed by atoms with E-state index in [-0.39, 0.29) is 12.4 Å². The van der Waals surface area contributed by atoms with Gasteiger partial charge >= 0.3 is 0 Å². The lowest BCUT2D eigenvalue weighted by molar-refractivity contribution is -0.0163. The molecule has 78 valence electrons. The van der Waals surface area contributed by atoms with Crippen LogP contribution in [0.25, 0.3) is 0 Å². The van der Waals surface area contributed by atoms with Gasteiger partial charge in [-0.25, -0.2) is 0 Å². The lowest BCUT2D eigenvalue weighted by Gasteiger charge is -2.52. The molecule has 1 heterocycles. The van der Waals surface area contributed by atoms with E-state index in [1.165, 1.54) is 38.8 Å². The van der Waals surface area contributed by atoms with E-state index in [2.05, 4.69) is 5.32 Å². The average molecular weight is 206 g/mol. The van der Waals surface area contributed by atoms with Crippen LogP contribution < -0.4 is 5.32 Å². The molecule has 1 saturated heterocycles. The molecule has 1 atom stereocenters. The van der Waals surface area contributed by atoms with Crippen LogP contribution in [-0.4, -0.2) is 24.8 Å². The Bertz CT molecular complexity index is 157. The summed E-state index contributed by atoms with van der Waals surface area (Å²) in [6.07, 6.45) is 6.51. The minimum atomic E-state index is 0. The second-order valence-corrected chi connectivity index (χ2v) is 4.36. The van der Waals surface area contributed by atoms with Crippen LogP contribution in [0.2, 0.25) is 0 Å².